The zero-order valence-electron chi connectivity index (χ0n) is 14.9. The van der Waals surface area contributed by atoms with Crippen molar-refractivity contribution in [2.24, 2.45) is 0 Å². The second kappa shape index (κ2) is 6.80. The van der Waals surface area contributed by atoms with Crippen LogP contribution >= 0.6 is 0 Å². The highest BCUT2D eigenvalue weighted by atomic mass is 16.3. The molecule has 4 rings (SSSR count). The van der Waals surface area contributed by atoms with Crippen molar-refractivity contribution in [3.05, 3.63) is 79.2 Å². The van der Waals surface area contributed by atoms with Crippen LogP contribution in [0.4, 0.5) is 11.4 Å². The number of nitrogens with one attached hydrogen (secondary N) is 1. The minimum Gasteiger partial charge on any atom is -0.493 e. The molecular weight excluding hydrogens is 360 g/mol. The predicted octanol–water partition coefficient (Wildman–Crippen LogP) is 0.458. The molecule has 4 N–H and O–H groups in total. The lowest BCUT2D eigenvalue weighted by Crippen LogP contribution is -2.44. The molecule has 1 aliphatic rings. The first-order valence-electron chi connectivity index (χ1n) is 8.82. The number of nitrogens with two attached hydrogens (primary N) is 1. The second-order valence-corrected chi connectivity index (χ2v) is 6.75. The molecule has 3 aromatic rings. The quantitative estimate of drug-likeness (QED) is 0.563. The molecule has 0 spiro atoms. The number of aromatic hydroxyl groups is 1. The molecule has 0 fully saturated rings. The zero-order chi connectivity index (χ0) is 19.8. The summed E-state index contributed by atoms with van der Waals surface area (Å²) in [5.74, 6) is -0.729. The van der Waals surface area contributed by atoms with Gasteiger partial charge in [0, 0.05) is 25.8 Å². The van der Waals surface area contributed by atoms with Gasteiger partial charge >= 0.3 is 0 Å². The first-order chi connectivity index (χ1) is 13.5. The Balaban J connectivity index is 1.48. The largest absolute Gasteiger partial charge is 0.493 e. The van der Waals surface area contributed by atoms with Crippen LogP contribution in [0.1, 0.15) is 27.0 Å². The summed E-state index contributed by atoms with van der Waals surface area (Å²) in [4.78, 5) is 40.9. The van der Waals surface area contributed by atoms with Crippen LogP contribution in [-0.2, 0) is 19.5 Å². The molecule has 8 nitrogen and oxygen atoms in total. The number of rotatable bonds is 4. The number of hydrogen-bond donors (Lipinski definition) is 3. The van der Waals surface area contributed by atoms with E-state index in [9.17, 15) is 19.5 Å². The number of pyridine rings is 1. The van der Waals surface area contributed by atoms with Crippen molar-refractivity contribution in [3.8, 4) is 5.88 Å². The topological polar surface area (TPSA) is 126 Å². The molecule has 2 aromatic carbocycles. The normalized spacial score (nSPS) is 13.4. The van der Waals surface area contributed by atoms with Crippen LogP contribution in [-0.4, -0.2) is 22.5 Å². The maximum atomic E-state index is 12.2. The van der Waals surface area contributed by atoms with E-state index in [1.54, 1.807) is 6.07 Å². The van der Waals surface area contributed by atoms with Crippen LogP contribution in [0.3, 0.4) is 0 Å². The van der Waals surface area contributed by atoms with Crippen LogP contribution in [0.15, 0.2) is 46.1 Å². The number of nitrogen functional groups attached to an aromatic ring is 1. The van der Waals surface area contributed by atoms with Crippen molar-refractivity contribution < 1.29 is 9.90 Å². The van der Waals surface area contributed by atoms with Gasteiger partial charge in [0.05, 0.1) is 0 Å². The Kier molecular flexibility index (Phi) is 4.31. The number of anilines is 2. The lowest BCUT2D eigenvalue weighted by Gasteiger charge is -2.32. The monoisotopic (exact) mass is 378 g/mol. The molecule has 0 radical (unpaired) electrons. The third-order valence-corrected chi connectivity index (χ3v) is 5.00. The Bertz CT molecular complexity index is 1150. The Hall–Kier alpha value is -3.68. The molecular formula is C20H18N4O4. The van der Waals surface area contributed by atoms with Crippen LogP contribution in [0.2, 0.25) is 0 Å². The van der Waals surface area contributed by atoms with E-state index in [1.807, 2.05) is 23.1 Å². The molecule has 1 amide bonds. The summed E-state index contributed by atoms with van der Waals surface area (Å²) in [6.07, 6.45) is 2.15. The molecule has 0 unspecified atom stereocenters. The highest BCUT2D eigenvalue weighted by Gasteiger charge is 2.26. The smallest absolute Gasteiger partial charge is 0.257 e. The molecule has 0 atom stereocenters. The summed E-state index contributed by atoms with van der Waals surface area (Å²) in [5, 5.41) is 12.4. The van der Waals surface area contributed by atoms with E-state index >= 15 is 0 Å². The fraction of sp³-hybridized carbons (Fsp3) is 0.200. The fourth-order valence-electron chi connectivity index (χ4n) is 3.47. The number of fused-ring (bicyclic) bond motifs is 1. The Labute approximate surface area is 159 Å². The first kappa shape index (κ1) is 17.7. The number of carbonyl (C=O) groups excluding carboxylic acids is 1. The van der Waals surface area contributed by atoms with E-state index in [0.717, 1.165) is 23.1 Å². The number of hydrogen-bond acceptors (Lipinski definition) is 7. The zero-order valence-corrected chi connectivity index (χ0v) is 14.9. The average molecular weight is 378 g/mol. The van der Waals surface area contributed by atoms with Gasteiger partial charge in [-0.3, -0.25) is 14.4 Å². The van der Waals surface area contributed by atoms with Crippen molar-refractivity contribution in [3.63, 3.8) is 0 Å². The summed E-state index contributed by atoms with van der Waals surface area (Å²) in [6, 6.07) is 8.98. The molecule has 28 heavy (non-hydrogen) atoms. The van der Waals surface area contributed by atoms with Gasteiger partial charge in [0.25, 0.3) is 16.8 Å². The Morgan fingerprint density at radius 1 is 1.21 bits per heavy atom. The van der Waals surface area contributed by atoms with Gasteiger partial charge < -0.3 is 21.1 Å². The van der Waals surface area contributed by atoms with Crippen molar-refractivity contribution in [2.45, 2.75) is 19.5 Å². The summed E-state index contributed by atoms with van der Waals surface area (Å²) in [5.41, 5.74) is 8.06. The minimum atomic E-state index is -0.615. The second-order valence-electron chi connectivity index (χ2n) is 6.75. The average Bonchev–Trinajstić information content (AvgIpc) is 2.72. The summed E-state index contributed by atoms with van der Waals surface area (Å²) in [7, 11) is 0. The number of carbonyl (C=O) groups is 1. The molecule has 2 heterocycles. The lowest BCUT2D eigenvalue weighted by molar-refractivity contribution is 0.0947. The molecule has 0 saturated heterocycles. The van der Waals surface area contributed by atoms with Crippen LogP contribution in [0.5, 0.6) is 5.88 Å². The van der Waals surface area contributed by atoms with Gasteiger partial charge in [-0.1, -0.05) is 18.2 Å². The Morgan fingerprint density at radius 2 is 2.04 bits per heavy atom. The minimum absolute atomic E-state index is 0.0353. The molecule has 0 bridgehead atoms. The fourth-order valence-corrected chi connectivity index (χ4v) is 3.47. The van der Waals surface area contributed by atoms with E-state index in [1.165, 1.54) is 12.3 Å². The SMILES string of the molecule is Nc1c(N2CCc3ccc(CNC(=O)c4cccnc4O)cc3C2)c(=O)c1=O. The molecule has 1 aromatic heterocycles. The van der Waals surface area contributed by atoms with E-state index in [4.69, 9.17) is 5.73 Å². The van der Waals surface area contributed by atoms with Crippen molar-refractivity contribution >= 4 is 17.3 Å². The third-order valence-electron chi connectivity index (χ3n) is 5.00. The summed E-state index contributed by atoms with van der Waals surface area (Å²) < 4.78 is 0. The van der Waals surface area contributed by atoms with E-state index in [2.05, 4.69) is 10.3 Å². The van der Waals surface area contributed by atoms with Gasteiger partial charge in [-0.15, -0.1) is 0 Å². The summed E-state index contributed by atoms with van der Waals surface area (Å²) >= 11 is 0. The van der Waals surface area contributed by atoms with Crippen LogP contribution < -0.4 is 26.8 Å². The standard InChI is InChI=1S/C20H18N4O4/c21-15-16(18(26)17(15)25)24-7-5-12-4-3-11(8-13(12)10-24)9-23-20(28)14-2-1-6-22-19(14)27/h1-4,6,8H,5,7,9-10,21H2,(H,22,27)(H,23,28). The van der Waals surface area contributed by atoms with Crippen molar-refractivity contribution in [2.75, 3.05) is 17.2 Å². The molecule has 142 valence electrons. The van der Waals surface area contributed by atoms with E-state index in [0.29, 0.717) is 18.8 Å². The number of nitrogens with zero attached hydrogens (tertiary/aromatic N) is 2. The van der Waals surface area contributed by atoms with E-state index in [-0.39, 0.29) is 23.7 Å². The van der Waals surface area contributed by atoms with Gasteiger partial charge in [-0.25, -0.2) is 4.98 Å². The highest BCUT2D eigenvalue weighted by Crippen LogP contribution is 2.26. The highest BCUT2D eigenvalue weighted by molar-refractivity contribution is 5.96. The lowest BCUT2D eigenvalue weighted by atomic mass is 9.96. The molecule has 1 aliphatic heterocycles. The number of benzene rings is 1. The van der Waals surface area contributed by atoms with Crippen molar-refractivity contribution in [1.29, 1.82) is 0 Å². The van der Waals surface area contributed by atoms with Gasteiger partial charge in [-0.2, -0.15) is 0 Å². The number of aromatic nitrogens is 1. The van der Waals surface area contributed by atoms with Gasteiger partial charge in [0.15, 0.2) is 0 Å². The number of amides is 1. The predicted molar refractivity (Wildman–Crippen MR) is 104 cm³/mol. The van der Waals surface area contributed by atoms with Crippen LogP contribution in [0.25, 0.3) is 0 Å². The van der Waals surface area contributed by atoms with Gasteiger partial charge in [-0.05, 0) is 35.2 Å². The van der Waals surface area contributed by atoms with E-state index < -0.39 is 16.8 Å². The van der Waals surface area contributed by atoms with Gasteiger partial charge in [0.1, 0.15) is 16.9 Å². The Morgan fingerprint density at radius 3 is 2.79 bits per heavy atom. The van der Waals surface area contributed by atoms with Gasteiger partial charge in [0.2, 0.25) is 5.88 Å². The maximum absolute atomic E-state index is 12.2. The first-order valence-corrected chi connectivity index (χ1v) is 8.82. The molecule has 8 heteroatoms. The van der Waals surface area contributed by atoms with Crippen molar-refractivity contribution in [1.82, 2.24) is 10.3 Å². The molecule has 0 aliphatic carbocycles. The maximum Gasteiger partial charge on any atom is 0.257 e. The molecule has 0 saturated carbocycles. The van der Waals surface area contributed by atoms with Crippen LogP contribution in [0, 0.1) is 0 Å². The summed E-state index contributed by atoms with van der Waals surface area (Å²) in [6.45, 7) is 1.39. The third kappa shape index (κ3) is 2.98.